The van der Waals surface area contributed by atoms with Crippen molar-refractivity contribution in [3.8, 4) is 5.75 Å². The molecule has 0 unspecified atom stereocenters. The summed E-state index contributed by atoms with van der Waals surface area (Å²) in [5.41, 5.74) is 0.104. The van der Waals surface area contributed by atoms with Crippen LogP contribution >= 0.6 is 0 Å². The topological polar surface area (TPSA) is 63.6 Å². The highest BCUT2D eigenvalue weighted by molar-refractivity contribution is 6.02. The Hall–Kier alpha value is -1.91. The molecule has 0 amide bonds. The number of hydrogen-bond donors (Lipinski definition) is 1. The van der Waals surface area contributed by atoms with Gasteiger partial charge in [0.25, 0.3) is 0 Å². The van der Waals surface area contributed by atoms with Gasteiger partial charge in [-0.2, -0.15) is 0 Å². The number of carboxylic acid groups (broad SMARTS) is 1. The van der Waals surface area contributed by atoms with Gasteiger partial charge >= 0.3 is 5.97 Å². The Morgan fingerprint density at radius 2 is 2.27 bits per heavy atom. The highest BCUT2D eigenvalue weighted by Crippen LogP contribution is 2.28. The summed E-state index contributed by atoms with van der Waals surface area (Å²) >= 11 is 0. The van der Waals surface area contributed by atoms with E-state index in [1.807, 2.05) is 0 Å². The number of rotatable bonds is 1. The number of hydrogen-bond acceptors (Lipinski definition) is 3. The van der Waals surface area contributed by atoms with Crippen molar-refractivity contribution in [1.82, 2.24) is 0 Å². The highest BCUT2D eigenvalue weighted by atomic mass is 19.1. The lowest BCUT2D eigenvalue weighted by atomic mass is 10.0. The number of carbonyl (C=O) groups excluding carboxylic acids is 1. The highest BCUT2D eigenvalue weighted by Gasteiger charge is 2.31. The number of benzene rings is 1. The third-order valence-corrected chi connectivity index (χ3v) is 2.16. The standard InChI is InChI=1S/C10H7FO4/c11-5-1-2-8-6(3-5)7(12)4-9(15-8)10(13)14/h1-3,9H,4H2,(H,13,14)/t9-/m0/s1. The molecule has 0 radical (unpaired) electrons. The minimum Gasteiger partial charge on any atom is -0.478 e. The molecular weight excluding hydrogens is 203 g/mol. The van der Waals surface area contributed by atoms with Gasteiger partial charge in [0.05, 0.1) is 12.0 Å². The van der Waals surface area contributed by atoms with Gasteiger partial charge in [-0.3, -0.25) is 4.79 Å². The minimum atomic E-state index is -1.20. The molecule has 1 heterocycles. The van der Waals surface area contributed by atoms with E-state index in [0.29, 0.717) is 0 Å². The van der Waals surface area contributed by atoms with Gasteiger partial charge in [-0.05, 0) is 18.2 Å². The Balaban J connectivity index is 2.41. The lowest BCUT2D eigenvalue weighted by Gasteiger charge is -2.21. The molecule has 5 heteroatoms. The summed E-state index contributed by atoms with van der Waals surface area (Å²) in [4.78, 5) is 22.1. The predicted molar refractivity (Wildman–Crippen MR) is 47.4 cm³/mol. The van der Waals surface area contributed by atoms with Crippen LogP contribution in [0.5, 0.6) is 5.75 Å². The Labute approximate surface area is 84.3 Å². The molecule has 4 nitrogen and oxygen atoms in total. The first-order valence-electron chi connectivity index (χ1n) is 4.30. The van der Waals surface area contributed by atoms with Crippen LogP contribution in [0.1, 0.15) is 16.8 Å². The van der Waals surface area contributed by atoms with Crippen molar-refractivity contribution < 1.29 is 23.8 Å². The minimum absolute atomic E-state index is 0.104. The summed E-state index contributed by atoms with van der Waals surface area (Å²) in [6.45, 7) is 0. The number of carboxylic acids is 1. The van der Waals surface area contributed by atoms with Crippen molar-refractivity contribution in [2.75, 3.05) is 0 Å². The molecule has 15 heavy (non-hydrogen) atoms. The van der Waals surface area contributed by atoms with Crippen LogP contribution in [-0.2, 0) is 4.79 Å². The number of ether oxygens (including phenoxy) is 1. The lowest BCUT2D eigenvalue weighted by molar-refractivity contribution is -0.145. The summed E-state index contributed by atoms with van der Waals surface area (Å²) in [5.74, 6) is -2.03. The quantitative estimate of drug-likeness (QED) is 0.757. The molecule has 0 aromatic heterocycles. The van der Waals surface area contributed by atoms with Crippen LogP contribution < -0.4 is 4.74 Å². The first-order valence-corrected chi connectivity index (χ1v) is 4.30. The fourth-order valence-electron chi connectivity index (χ4n) is 1.43. The fraction of sp³-hybridized carbons (Fsp3) is 0.200. The van der Waals surface area contributed by atoms with Crippen LogP contribution in [0.15, 0.2) is 18.2 Å². The average Bonchev–Trinajstić information content (AvgIpc) is 2.18. The van der Waals surface area contributed by atoms with Crippen LogP contribution in [0.3, 0.4) is 0 Å². The summed E-state index contributed by atoms with van der Waals surface area (Å²) in [6, 6.07) is 3.43. The average molecular weight is 210 g/mol. The van der Waals surface area contributed by atoms with E-state index in [2.05, 4.69) is 0 Å². The van der Waals surface area contributed by atoms with Crippen molar-refractivity contribution >= 4 is 11.8 Å². The number of Topliss-reactive ketones (excluding diaryl/α,β-unsaturated/α-hetero) is 1. The number of aliphatic carboxylic acids is 1. The Bertz CT molecular complexity index is 441. The van der Waals surface area contributed by atoms with E-state index in [4.69, 9.17) is 9.84 Å². The second-order valence-electron chi connectivity index (χ2n) is 3.21. The van der Waals surface area contributed by atoms with E-state index in [0.717, 1.165) is 12.1 Å². The third kappa shape index (κ3) is 1.68. The fourth-order valence-corrected chi connectivity index (χ4v) is 1.43. The number of carbonyl (C=O) groups is 2. The molecule has 0 spiro atoms. The molecule has 1 N–H and O–H groups in total. The molecule has 1 aromatic carbocycles. The zero-order valence-electron chi connectivity index (χ0n) is 7.57. The molecule has 0 bridgehead atoms. The maximum absolute atomic E-state index is 12.8. The maximum Gasteiger partial charge on any atom is 0.345 e. The Morgan fingerprint density at radius 3 is 2.93 bits per heavy atom. The first-order chi connectivity index (χ1) is 7.08. The lowest BCUT2D eigenvalue weighted by Crippen LogP contribution is -2.33. The van der Waals surface area contributed by atoms with Crippen LogP contribution in [0.25, 0.3) is 0 Å². The van der Waals surface area contributed by atoms with Crippen molar-refractivity contribution in [3.05, 3.63) is 29.6 Å². The van der Waals surface area contributed by atoms with E-state index in [-0.39, 0.29) is 17.7 Å². The van der Waals surface area contributed by atoms with E-state index in [9.17, 15) is 14.0 Å². The van der Waals surface area contributed by atoms with Gasteiger partial charge in [-0.1, -0.05) is 0 Å². The maximum atomic E-state index is 12.8. The second kappa shape index (κ2) is 3.34. The summed E-state index contributed by atoms with van der Waals surface area (Å²) in [6.07, 6.45) is -1.43. The number of ketones is 1. The smallest absolute Gasteiger partial charge is 0.345 e. The molecule has 0 saturated heterocycles. The molecule has 2 rings (SSSR count). The number of fused-ring (bicyclic) bond motifs is 1. The van der Waals surface area contributed by atoms with Gasteiger partial charge in [0.15, 0.2) is 5.78 Å². The van der Waals surface area contributed by atoms with Gasteiger partial charge < -0.3 is 9.84 Å². The normalized spacial score (nSPS) is 19.3. The monoisotopic (exact) mass is 210 g/mol. The van der Waals surface area contributed by atoms with Crippen molar-refractivity contribution in [2.24, 2.45) is 0 Å². The van der Waals surface area contributed by atoms with Gasteiger partial charge in [0, 0.05) is 0 Å². The molecule has 0 saturated carbocycles. The largest absolute Gasteiger partial charge is 0.478 e. The van der Waals surface area contributed by atoms with E-state index < -0.39 is 23.7 Å². The molecule has 78 valence electrons. The Kier molecular flexibility index (Phi) is 2.15. The SMILES string of the molecule is O=C1C[C@@H](C(=O)O)Oc2ccc(F)cc21. The number of halogens is 1. The molecule has 1 atom stereocenters. The zero-order chi connectivity index (χ0) is 11.0. The summed E-state index contributed by atoms with van der Waals surface area (Å²) in [5, 5.41) is 8.68. The first kappa shape index (κ1) is 9.64. The van der Waals surface area contributed by atoms with Crippen LogP contribution in [-0.4, -0.2) is 23.0 Å². The summed E-state index contributed by atoms with van der Waals surface area (Å²) in [7, 11) is 0. The molecule has 0 aliphatic carbocycles. The van der Waals surface area contributed by atoms with E-state index in [1.165, 1.54) is 6.07 Å². The van der Waals surface area contributed by atoms with Gasteiger partial charge in [0.2, 0.25) is 6.10 Å². The molecule has 1 aromatic rings. The third-order valence-electron chi connectivity index (χ3n) is 2.16. The van der Waals surface area contributed by atoms with Gasteiger partial charge in [-0.25, -0.2) is 9.18 Å². The van der Waals surface area contributed by atoms with Gasteiger partial charge in [0.1, 0.15) is 11.6 Å². The van der Waals surface area contributed by atoms with Crippen molar-refractivity contribution in [3.63, 3.8) is 0 Å². The molecule has 1 aliphatic heterocycles. The van der Waals surface area contributed by atoms with Crippen LogP contribution in [0.4, 0.5) is 4.39 Å². The second-order valence-corrected chi connectivity index (χ2v) is 3.21. The molecule has 1 aliphatic rings. The van der Waals surface area contributed by atoms with Gasteiger partial charge in [-0.15, -0.1) is 0 Å². The van der Waals surface area contributed by atoms with E-state index in [1.54, 1.807) is 0 Å². The van der Waals surface area contributed by atoms with Crippen LogP contribution in [0.2, 0.25) is 0 Å². The van der Waals surface area contributed by atoms with E-state index >= 15 is 0 Å². The zero-order valence-corrected chi connectivity index (χ0v) is 7.57. The van der Waals surface area contributed by atoms with Crippen LogP contribution in [0, 0.1) is 5.82 Å². The molecule has 0 fully saturated rings. The van der Waals surface area contributed by atoms with Crippen molar-refractivity contribution in [2.45, 2.75) is 12.5 Å². The summed E-state index contributed by atoms with van der Waals surface area (Å²) < 4.78 is 17.8. The predicted octanol–water partition coefficient (Wildman–Crippen LogP) is 1.24. The molecular formula is C10H7FO4. The van der Waals surface area contributed by atoms with Crippen molar-refractivity contribution in [1.29, 1.82) is 0 Å². The Morgan fingerprint density at radius 1 is 1.53 bits per heavy atom.